The van der Waals surface area contributed by atoms with Gasteiger partial charge < -0.3 is 30.1 Å². The Hall–Kier alpha value is -4.81. The quantitative estimate of drug-likeness (QED) is 0.246. The van der Waals surface area contributed by atoms with Crippen LogP contribution in [-0.4, -0.2) is 74.7 Å². The van der Waals surface area contributed by atoms with Gasteiger partial charge in [0.05, 0.1) is 12.1 Å². The number of amides is 3. The predicted octanol–water partition coefficient (Wildman–Crippen LogP) is 5.39. The number of rotatable bonds is 4. The molecular formula is C36H40F2N4O7. The van der Waals surface area contributed by atoms with Gasteiger partial charge in [-0.3, -0.25) is 9.59 Å². The van der Waals surface area contributed by atoms with Crippen LogP contribution in [0.25, 0.3) is 21.7 Å². The molecule has 1 saturated heterocycles. The number of hydrogen-bond donors (Lipinski definition) is 3. The number of aromatic nitrogens is 1. The molecule has 2 fully saturated rings. The Morgan fingerprint density at radius 3 is 2.51 bits per heavy atom. The van der Waals surface area contributed by atoms with E-state index >= 15 is 0 Å². The number of hydrogen-bond acceptors (Lipinski definition) is 7. The van der Waals surface area contributed by atoms with Crippen molar-refractivity contribution in [2.75, 3.05) is 6.54 Å². The zero-order chi connectivity index (χ0) is 35.1. The van der Waals surface area contributed by atoms with Gasteiger partial charge in [-0.2, -0.15) is 0 Å². The number of carboxylic acids is 1. The molecule has 3 N–H and O–H groups in total. The molecule has 1 aromatic heterocycles. The van der Waals surface area contributed by atoms with E-state index in [1.54, 1.807) is 20.8 Å². The number of carbonyl (C=O) groups excluding carboxylic acids is 3. The Balaban J connectivity index is 1.34. The van der Waals surface area contributed by atoms with Crippen LogP contribution < -0.4 is 15.4 Å². The highest BCUT2D eigenvalue weighted by molar-refractivity contribution is 6.07. The van der Waals surface area contributed by atoms with Crippen LogP contribution in [0.1, 0.15) is 65.7 Å². The SMILES string of the molecule is CC(C)(C)OC(=O)N[C@H]1CCCCC/C=C\[C@@H]2C[C@@]2(C(=O)O)NC(=O)[C@@H]2C[C@@H](Oc3nc4ccc(F)cc4c4cc(F)ccc34)CN2C1=O. The number of halogens is 2. The molecule has 3 aliphatic rings. The number of allylic oxidation sites excluding steroid dienone is 1. The molecule has 2 aromatic carbocycles. The topological polar surface area (TPSA) is 147 Å². The van der Waals surface area contributed by atoms with E-state index in [1.165, 1.54) is 41.3 Å². The maximum atomic E-state index is 14.4. The first-order valence-electron chi connectivity index (χ1n) is 16.6. The van der Waals surface area contributed by atoms with Gasteiger partial charge >= 0.3 is 12.1 Å². The van der Waals surface area contributed by atoms with E-state index in [2.05, 4.69) is 15.6 Å². The third-order valence-electron chi connectivity index (χ3n) is 9.27. The number of aliphatic carboxylic acids is 1. The van der Waals surface area contributed by atoms with Gasteiger partial charge in [0.25, 0.3) is 0 Å². The van der Waals surface area contributed by atoms with Crippen molar-refractivity contribution < 1.29 is 42.5 Å². The summed E-state index contributed by atoms with van der Waals surface area (Å²) >= 11 is 0. The number of alkyl carbamates (subject to hydrolysis) is 1. The van der Waals surface area contributed by atoms with Crippen LogP contribution in [0.15, 0.2) is 48.6 Å². The molecule has 11 nitrogen and oxygen atoms in total. The van der Waals surface area contributed by atoms with Crippen molar-refractivity contribution in [2.24, 2.45) is 5.92 Å². The Morgan fingerprint density at radius 2 is 1.78 bits per heavy atom. The van der Waals surface area contributed by atoms with E-state index in [0.717, 1.165) is 12.8 Å². The highest BCUT2D eigenvalue weighted by Gasteiger charge is 2.61. The van der Waals surface area contributed by atoms with Crippen molar-refractivity contribution in [2.45, 2.75) is 95.0 Å². The fourth-order valence-corrected chi connectivity index (χ4v) is 6.76. The van der Waals surface area contributed by atoms with Crippen LogP contribution in [0.3, 0.4) is 0 Å². The maximum absolute atomic E-state index is 14.4. The van der Waals surface area contributed by atoms with Gasteiger partial charge in [0, 0.05) is 23.1 Å². The Kier molecular flexibility index (Phi) is 9.21. The van der Waals surface area contributed by atoms with Gasteiger partial charge in [-0.25, -0.2) is 23.4 Å². The molecule has 1 saturated carbocycles. The molecule has 3 amide bonds. The summed E-state index contributed by atoms with van der Waals surface area (Å²) in [4.78, 5) is 59.4. The number of benzene rings is 2. The summed E-state index contributed by atoms with van der Waals surface area (Å²) in [6.07, 6.45) is 5.56. The molecule has 260 valence electrons. The zero-order valence-corrected chi connectivity index (χ0v) is 27.6. The fourth-order valence-electron chi connectivity index (χ4n) is 6.76. The van der Waals surface area contributed by atoms with E-state index in [1.807, 2.05) is 12.2 Å². The fraction of sp³-hybridized carbons (Fsp3) is 0.472. The summed E-state index contributed by atoms with van der Waals surface area (Å²) in [5.74, 6) is -3.69. The highest BCUT2D eigenvalue weighted by atomic mass is 19.1. The van der Waals surface area contributed by atoms with E-state index in [9.17, 15) is 33.1 Å². The number of nitrogens with one attached hydrogen (secondary N) is 2. The Bertz CT molecular complexity index is 1840. The minimum absolute atomic E-state index is 0.0151. The second-order valence-corrected chi connectivity index (χ2v) is 14.1. The van der Waals surface area contributed by atoms with Crippen molar-refractivity contribution in [3.63, 3.8) is 0 Å². The molecular weight excluding hydrogens is 638 g/mol. The van der Waals surface area contributed by atoms with Crippen LogP contribution in [0.5, 0.6) is 5.88 Å². The summed E-state index contributed by atoms with van der Waals surface area (Å²) in [6, 6.07) is 5.76. The van der Waals surface area contributed by atoms with Crippen molar-refractivity contribution >= 4 is 45.6 Å². The standard InChI is InChI=1S/C36H40F2N4O7/c1-35(2,3)49-34(47)40-28-10-8-6-4-5-7-9-20-18-36(20,33(45)46)41-30(43)29-17-23(19-42(29)32(28)44)48-31-24-13-11-21(37)15-25(24)26-16-22(38)12-14-27(26)39-31/h7,9,11-16,20,23,28-29H,4-6,8,10,17-19H2,1-3H3,(H,40,47)(H,41,43)(H,45,46)/b9-7-/t20-,23-,28+,29+,36-/m1/s1. The van der Waals surface area contributed by atoms with Crippen LogP contribution in [0.2, 0.25) is 0 Å². The third kappa shape index (κ3) is 7.30. The molecule has 3 heterocycles. The summed E-state index contributed by atoms with van der Waals surface area (Å²) < 4.78 is 40.3. The average molecular weight is 679 g/mol. The number of carboxylic acid groups (broad SMARTS) is 1. The van der Waals surface area contributed by atoms with Crippen LogP contribution in [0, 0.1) is 17.6 Å². The lowest BCUT2D eigenvalue weighted by atomic mass is 10.0. The Morgan fingerprint density at radius 1 is 1.04 bits per heavy atom. The molecule has 5 atom stereocenters. The van der Waals surface area contributed by atoms with Crippen LogP contribution >= 0.6 is 0 Å². The second-order valence-electron chi connectivity index (χ2n) is 14.1. The molecule has 0 unspecified atom stereocenters. The lowest BCUT2D eigenvalue weighted by molar-refractivity contribution is -0.145. The van der Waals surface area contributed by atoms with Crippen molar-refractivity contribution in [1.29, 1.82) is 0 Å². The van der Waals surface area contributed by atoms with E-state index in [4.69, 9.17) is 9.47 Å². The number of carbonyl (C=O) groups is 4. The number of pyridine rings is 1. The molecule has 2 aliphatic heterocycles. The molecule has 13 heteroatoms. The van der Waals surface area contributed by atoms with Crippen molar-refractivity contribution in [1.82, 2.24) is 20.5 Å². The van der Waals surface area contributed by atoms with E-state index in [0.29, 0.717) is 40.9 Å². The largest absolute Gasteiger partial charge is 0.479 e. The predicted molar refractivity (Wildman–Crippen MR) is 176 cm³/mol. The second kappa shape index (κ2) is 13.2. The first kappa shape index (κ1) is 34.1. The maximum Gasteiger partial charge on any atom is 0.408 e. The highest BCUT2D eigenvalue weighted by Crippen LogP contribution is 2.45. The first-order chi connectivity index (χ1) is 23.2. The molecule has 49 heavy (non-hydrogen) atoms. The minimum atomic E-state index is -1.49. The van der Waals surface area contributed by atoms with E-state index < -0.39 is 70.8 Å². The molecule has 0 spiro atoms. The molecule has 3 aromatic rings. The van der Waals surface area contributed by atoms with Gasteiger partial charge in [0.2, 0.25) is 17.7 Å². The summed E-state index contributed by atoms with van der Waals surface area (Å²) in [6.45, 7) is 5.04. The van der Waals surface area contributed by atoms with Gasteiger partial charge in [-0.05, 0) is 88.2 Å². The van der Waals surface area contributed by atoms with Crippen LogP contribution in [0.4, 0.5) is 13.6 Å². The average Bonchev–Trinajstić information content (AvgIpc) is 3.56. The lowest BCUT2D eigenvalue weighted by Crippen LogP contribution is -2.56. The molecule has 0 radical (unpaired) electrons. The third-order valence-corrected chi connectivity index (χ3v) is 9.27. The normalized spacial score (nSPS) is 26.9. The van der Waals surface area contributed by atoms with Crippen molar-refractivity contribution in [3.8, 4) is 5.88 Å². The molecule has 1 aliphatic carbocycles. The monoisotopic (exact) mass is 678 g/mol. The molecule has 6 rings (SSSR count). The van der Waals surface area contributed by atoms with Gasteiger partial charge in [0.1, 0.15) is 41.0 Å². The number of ether oxygens (including phenoxy) is 2. The summed E-state index contributed by atoms with van der Waals surface area (Å²) in [5.41, 5.74) is -1.95. The van der Waals surface area contributed by atoms with Gasteiger partial charge in [0.15, 0.2) is 0 Å². The molecule has 0 bridgehead atoms. The minimum Gasteiger partial charge on any atom is -0.479 e. The van der Waals surface area contributed by atoms with Crippen LogP contribution in [-0.2, 0) is 19.1 Å². The zero-order valence-electron chi connectivity index (χ0n) is 27.6. The van der Waals surface area contributed by atoms with Gasteiger partial charge in [-0.1, -0.05) is 25.0 Å². The summed E-state index contributed by atoms with van der Waals surface area (Å²) in [5, 5.41) is 16.7. The van der Waals surface area contributed by atoms with Gasteiger partial charge in [-0.15, -0.1) is 0 Å². The number of fused-ring (bicyclic) bond motifs is 5. The smallest absolute Gasteiger partial charge is 0.408 e. The van der Waals surface area contributed by atoms with E-state index in [-0.39, 0.29) is 25.3 Å². The number of nitrogens with zero attached hydrogens (tertiary/aromatic N) is 2. The summed E-state index contributed by atoms with van der Waals surface area (Å²) in [7, 11) is 0. The first-order valence-corrected chi connectivity index (χ1v) is 16.6. The Labute approximate surface area is 282 Å². The lowest BCUT2D eigenvalue weighted by Gasteiger charge is -2.30. The van der Waals surface area contributed by atoms with Crippen molar-refractivity contribution in [3.05, 3.63) is 60.2 Å².